The topological polar surface area (TPSA) is 43.1 Å². The fraction of sp³-hybridized carbons (Fsp3) is 0.0870. The van der Waals surface area contributed by atoms with Gasteiger partial charge in [-0.2, -0.15) is 0 Å². The van der Waals surface area contributed by atoms with Crippen molar-refractivity contribution in [3.05, 3.63) is 95.6 Å². The van der Waals surface area contributed by atoms with Crippen molar-refractivity contribution in [1.82, 2.24) is 0 Å². The van der Waals surface area contributed by atoms with Gasteiger partial charge in [0.1, 0.15) is 0 Å². The van der Waals surface area contributed by atoms with Gasteiger partial charge < -0.3 is 5.73 Å². The second-order valence-electron chi connectivity index (χ2n) is 6.31. The van der Waals surface area contributed by atoms with Gasteiger partial charge in [-0.25, -0.2) is 0 Å². The highest BCUT2D eigenvalue weighted by molar-refractivity contribution is 7.22. The number of rotatable bonds is 5. The largest absolute Gasteiger partial charge is 0.366 e. The maximum absolute atomic E-state index is 12.3. The van der Waals surface area contributed by atoms with Gasteiger partial charge in [-0.15, -0.1) is 11.3 Å². The molecular formula is C23H19NOS. The van der Waals surface area contributed by atoms with Gasteiger partial charge >= 0.3 is 0 Å². The molecule has 0 atom stereocenters. The van der Waals surface area contributed by atoms with Crippen LogP contribution in [0.2, 0.25) is 0 Å². The summed E-state index contributed by atoms with van der Waals surface area (Å²) in [6.45, 7) is 0. The molecule has 0 saturated carbocycles. The highest BCUT2D eigenvalue weighted by Gasteiger charge is 2.20. The Bertz CT molecular complexity index is 1050. The van der Waals surface area contributed by atoms with Crippen LogP contribution in [0.1, 0.15) is 21.5 Å². The zero-order valence-corrected chi connectivity index (χ0v) is 15.1. The molecular weight excluding hydrogens is 338 g/mol. The molecule has 0 unspecified atom stereocenters. The van der Waals surface area contributed by atoms with Gasteiger partial charge in [-0.1, -0.05) is 72.8 Å². The molecule has 128 valence electrons. The standard InChI is InChI=1S/C23H19NOS/c24-23(25)21-20-17(15-14-16-8-3-1-4-9-16)12-7-13-19(20)26-22(21)18-10-5-2-6-11-18/h1-13H,14-15H2,(H2,24,25). The minimum Gasteiger partial charge on any atom is -0.366 e. The molecule has 1 amide bonds. The van der Waals surface area contributed by atoms with Gasteiger partial charge in [0.15, 0.2) is 0 Å². The lowest BCUT2D eigenvalue weighted by molar-refractivity contribution is 0.100. The van der Waals surface area contributed by atoms with Crippen molar-refractivity contribution in [2.24, 2.45) is 5.73 Å². The molecule has 2 nitrogen and oxygen atoms in total. The zero-order chi connectivity index (χ0) is 17.9. The predicted molar refractivity (Wildman–Crippen MR) is 110 cm³/mol. The summed E-state index contributed by atoms with van der Waals surface area (Å²) in [6, 6.07) is 26.7. The third kappa shape index (κ3) is 3.14. The van der Waals surface area contributed by atoms with Crippen molar-refractivity contribution < 1.29 is 4.79 Å². The molecule has 0 spiro atoms. The smallest absolute Gasteiger partial charge is 0.250 e. The van der Waals surface area contributed by atoms with E-state index in [0.717, 1.165) is 33.4 Å². The molecule has 26 heavy (non-hydrogen) atoms. The Kier molecular flexibility index (Phi) is 4.55. The van der Waals surface area contributed by atoms with Gasteiger partial charge in [0, 0.05) is 15.0 Å². The average molecular weight is 357 g/mol. The minimum absolute atomic E-state index is 0.359. The van der Waals surface area contributed by atoms with Crippen LogP contribution >= 0.6 is 11.3 Å². The summed E-state index contributed by atoms with van der Waals surface area (Å²) in [5.74, 6) is -0.359. The summed E-state index contributed by atoms with van der Waals surface area (Å²) in [4.78, 5) is 13.3. The number of amides is 1. The minimum atomic E-state index is -0.359. The number of carbonyl (C=O) groups excluding carboxylic acids is 1. The molecule has 0 saturated heterocycles. The molecule has 4 aromatic rings. The van der Waals surface area contributed by atoms with Crippen LogP contribution in [0, 0.1) is 0 Å². The number of primary amides is 1. The van der Waals surface area contributed by atoms with Crippen LogP contribution < -0.4 is 5.73 Å². The van der Waals surface area contributed by atoms with Crippen LogP contribution in [-0.4, -0.2) is 5.91 Å². The lowest BCUT2D eigenvalue weighted by Gasteiger charge is -2.07. The molecule has 3 heteroatoms. The van der Waals surface area contributed by atoms with Crippen molar-refractivity contribution in [1.29, 1.82) is 0 Å². The normalized spacial score (nSPS) is 10.9. The number of nitrogens with two attached hydrogens (primary N) is 1. The van der Waals surface area contributed by atoms with E-state index < -0.39 is 0 Å². The van der Waals surface area contributed by atoms with Gasteiger partial charge in [-0.05, 0) is 35.6 Å². The molecule has 1 heterocycles. The number of aryl methyl sites for hydroxylation is 2. The second-order valence-corrected chi connectivity index (χ2v) is 7.36. The van der Waals surface area contributed by atoms with E-state index >= 15 is 0 Å². The first-order valence-corrected chi connectivity index (χ1v) is 9.49. The van der Waals surface area contributed by atoms with Crippen molar-refractivity contribution in [2.45, 2.75) is 12.8 Å². The number of carbonyl (C=O) groups is 1. The molecule has 0 aliphatic carbocycles. The highest BCUT2D eigenvalue weighted by atomic mass is 32.1. The maximum atomic E-state index is 12.3. The number of hydrogen-bond donors (Lipinski definition) is 1. The van der Waals surface area contributed by atoms with Gasteiger partial charge in [0.2, 0.25) is 0 Å². The lowest BCUT2D eigenvalue weighted by Crippen LogP contribution is -2.12. The van der Waals surface area contributed by atoms with Crippen molar-refractivity contribution >= 4 is 27.3 Å². The lowest BCUT2D eigenvalue weighted by atomic mass is 9.97. The van der Waals surface area contributed by atoms with Crippen LogP contribution in [-0.2, 0) is 12.8 Å². The Morgan fingerprint density at radius 3 is 2.19 bits per heavy atom. The molecule has 2 N–H and O–H groups in total. The molecule has 0 aliphatic rings. The van der Waals surface area contributed by atoms with Gasteiger partial charge in [-0.3, -0.25) is 4.79 Å². The average Bonchev–Trinajstić information content (AvgIpc) is 3.08. The quantitative estimate of drug-likeness (QED) is 0.507. The van der Waals surface area contributed by atoms with Crippen LogP contribution in [0.15, 0.2) is 78.9 Å². The van der Waals surface area contributed by atoms with Crippen LogP contribution in [0.3, 0.4) is 0 Å². The van der Waals surface area contributed by atoms with E-state index in [1.54, 1.807) is 11.3 Å². The SMILES string of the molecule is NC(=O)c1c(-c2ccccc2)sc2cccc(CCc3ccccc3)c12. The van der Waals surface area contributed by atoms with Gasteiger partial charge in [0.05, 0.1) is 5.56 Å². The number of hydrogen-bond acceptors (Lipinski definition) is 2. The van der Waals surface area contributed by atoms with Gasteiger partial charge in [0.25, 0.3) is 5.91 Å². The number of fused-ring (bicyclic) bond motifs is 1. The van der Waals surface area contributed by atoms with Crippen LogP contribution in [0.25, 0.3) is 20.5 Å². The molecule has 0 fully saturated rings. The second kappa shape index (κ2) is 7.14. The molecule has 1 aromatic heterocycles. The van der Waals surface area contributed by atoms with E-state index in [1.807, 2.05) is 36.4 Å². The summed E-state index contributed by atoms with van der Waals surface area (Å²) in [5, 5.41) is 1.01. The summed E-state index contributed by atoms with van der Waals surface area (Å²) in [5.41, 5.74) is 9.97. The summed E-state index contributed by atoms with van der Waals surface area (Å²) >= 11 is 1.64. The molecule has 3 aromatic carbocycles. The number of thiophene rings is 1. The summed E-state index contributed by atoms with van der Waals surface area (Å²) in [7, 11) is 0. The van der Waals surface area contributed by atoms with Crippen LogP contribution in [0.4, 0.5) is 0 Å². The Morgan fingerprint density at radius 1 is 0.808 bits per heavy atom. The molecule has 0 radical (unpaired) electrons. The monoisotopic (exact) mass is 357 g/mol. The highest BCUT2D eigenvalue weighted by Crippen LogP contribution is 2.40. The third-order valence-corrected chi connectivity index (χ3v) is 5.81. The Hall–Kier alpha value is -2.91. The van der Waals surface area contributed by atoms with Crippen molar-refractivity contribution in [3.8, 4) is 10.4 Å². The number of benzene rings is 3. The Balaban J connectivity index is 1.82. The first-order valence-electron chi connectivity index (χ1n) is 8.67. The molecule has 4 rings (SSSR count). The van der Waals surface area contributed by atoms with E-state index in [1.165, 1.54) is 11.1 Å². The first-order chi connectivity index (χ1) is 12.7. The zero-order valence-electron chi connectivity index (χ0n) is 14.3. The maximum Gasteiger partial charge on any atom is 0.250 e. The van der Waals surface area contributed by atoms with E-state index in [0.29, 0.717) is 5.56 Å². The summed E-state index contributed by atoms with van der Waals surface area (Å²) in [6.07, 6.45) is 1.82. The van der Waals surface area contributed by atoms with Crippen molar-refractivity contribution in [3.63, 3.8) is 0 Å². The molecule has 0 bridgehead atoms. The van der Waals surface area contributed by atoms with Crippen LogP contribution in [0.5, 0.6) is 0 Å². The van der Waals surface area contributed by atoms with E-state index in [-0.39, 0.29) is 5.91 Å². The predicted octanol–water partition coefficient (Wildman–Crippen LogP) is 5.45. The fourth-order valence-corrected chi connectivity index (χ4v) is 4.64. The third-order valence-electron chi connectivity index (χ3n) is 4.61. The fourth-order valence-electron chi connectivity index (χ4n) is 3.38. The van der Waals surface area contributed by atoms with Crippen molar-refractivity contribution in [2.75, 3.05) is 0 Å². The van der Waals surface area contributed by atoms with E-state index in [9.17, 15) is 4.79 Å². The van der Waals surface area contributed by atoms with E-state index in [4.69, 9.17) is 5.73 Å². The summed E-state index contributed by atoms with van der Waals surface area (Å²) < 4.78 is 1.11. The first kappa shape index (κ1) is 16.6. The van der Waals surface area contributed by atoms with E-state index in [2.05, 4.69) is 42.5 Å². The molecule has 0 aliphatic heterocycles. The Labute approximate surface area is 156 Å². The Morgan fingerprint density at radius 2 is 1.50 bits per heavy atom.